The van der Waals surface area contributed by atoms with Gasteiger partial charge in [0, 0.05) is 42.4 Å². The molecule has 0 bridgehead atoms. The van der Waals surface area contributed by atoms with Crippen molar-refractivity contribution in [3.05, 3.63) is 59.7 Å². The Morgan fingerprint density at radius 3 is 2.64 bits per heavy atom. The summed E-state index contributed by atoms with van der Waals surface area (Å²) in [7, 11) is 0. The third-order valence-corrected chi connectivity index (χ3v) is 5.12. The van der Waals surface area contributed by atoms with Gasteiger partial charge in [0.05, 0.1) is 6.61 Å². The third kappa shape index (κ3) is 4.92. The van der Waals surface area contributed by atoms with Gasteiger partial charge in [0.1, 0.15) is 5.75 Å². The predicted molar refractivity (Wildman–Crippen MR) is 105 cm³/mol. The molecule has 0 aromatic heterocycles. The number of anilines is 1. The van der Waals surface area contributed by atoms with Crippen LogP contribution >= 0.6 is 11.8 Å². The zero-order chi connectivity index (χ0) is 17.5. The average molecular weight is 356 g/mol. The van der Waals surface area contributed by atoms with E-state index in [0.717, 1.165) is 24.4 Å². The zero-order valence-corrected chi connectivity index (χ0v) is 15.3. The molecular formula is C20H24N2O2S. The van der Waals surface area contributed by atoms with Gasteiger partial charge >= 0.3 is 0 Å². The first-order chi connectivity index (χ1) is 12.3. The van der Waals surface area contributed by atoms with Crippen LogP contribution in [0.3, 0.4) is 0 Å². The minimum absolute atomic E-state index is 0.0846. The molecule has 0 saturated carbocycles. The fraction of sp³-hybridized carbons (Fsp3) is 0.350. The van der Waals surface area contributed by atoms with E-state index in [1.54, 1.807) is 12.1 Å². The topological polar surface area (TPSA) is 41.6 Å². The van der Waals surface area contributed by atoms with E-state index in [-0.39, 0.29) is 5.91 Å². The summed E-state index contributed by atoms with van der Waals surface area (Å²) < 4.78 is 5.44. The van der Waals surface area contributed by atoms with Gasteiger partial charge in [-0.3, -0.25) is 4.79 Å². The smallest absolute Gasteiger partial charge is 0.251 e. The predicted octanol–water partition coefficient (Wildman–Crippen LogP) is 3.57. The number of nitrogens with zero attached hydrogens (tertiary/aromatic N) is 1. The highest BCUT2D eigenvalue weighted by Gasteiger charge is 2.11. The lowest BCUT2D eigenvalue weighted by Crippen LogP contribution is -2.32. The molecule has 2 aromatic rings. The summed E-state index contributed by atoms with van der Waals surface area (Å²) in [5, 5.41) is 2.97. The van der Waals surface area contributed by atoms with E-state index in [0.29, 0.717) is 18.7 Å². The summed E-state index contributed by atoms with van der Waals surface area (Å²) in [4.78, 5) is 14.7. The Morgan fingerprint density at radius 2 is 1.92 bits per heavy atom. The summed E-state index contributed by atoms with van der Waals surface area (Å²) in [5.74, 6) is 3.02. The molecule has 2 aromatic carbocycles. The largest absolute Gasteiger partial charge is 0.494 e. The molecule has 0 aliphatic carbocycles. The number of carbonyl (C=O) groups is 1. The summed E-state index contributed by atoms with van der Waals surface area (Å²) in [6.45, 7) is 5.26. The van der Waals surface area contributed by atoms with Gasteiger partial charge in [-0.15, -0.1) is 0 Å². The second kappa shape index (κ2) is 8.81. The molecule has 0 radical (unpaired) electrons. The molecule has 1 N–H and O–H groups in total. The molecule has 132 valence electrons. The molecule has 1 saturated heterocycles. The number of hydrogen-bond donors (Lipinski definition) is 1. The van der Waals surface area contributed by atoms with Crippen molar-refractivity contribution in [2.75, 3.05) is 36.1 Å². The van der Waals surface area contributed by atoms with Gasteiger partial charge in [-0.05, 0) is 42.8 Å². The lowest BCUT2D eigenvalue weighted by atomic mass is 10.1. The summed E-state index contributed by atoms with van der Waals surface area (Å²) in [6, 6.07) is 15.7. The normalized spacial score (nSPS) is 14.2. The second-order valence-corrected chi connectivity index (χ2v) is 7.13. The van der Waals surface area contributed by atoms with Crippen molar-refractivity contribution in [1.82, 2.24) is 5.32 Å². The number of thioether (sulfide) groups is 1. The van der Waals surface area contributed by atoms with Crippen molar-refractivity contribution in [1.29, 1.82) is 0 Å². The Kier molecular flexibility index (Phi) is 6.23. The van der Waals surface area contributed by atoms with Crippen LogP contribution in [0.1, 0.15) is 22.8 Å². The Labute approximate surface area is 153 Å². The standard InChI is InChI=1S/C20H24N2O2S/c1-2-24-19-5-3-4-17(14-19)20(23)21-15-16-6-8-18(9-7-16)22-10-12-25-13-11-22/h3-9,14H,2,10-13,15H2,1H3,(H,21,23). The van der Waals surface area contributed by atoms with Crippen LogP contribution in [0.15, 0.2) is 48.5 Å². The van der Waals surface area contributed by atoms with Crippen LogP contribution in [0, 0.1) is 0 Å². The van der Waals surface area contributed by atoms with Crippen LogP contribution in [-0.4, -0.2) is 37.1 Å². The van der Waals surface area contributed by atoms with E-state index in [4.69, 9.17) is 4.74 Å². The zero-order valence-electron chi connectivity index (χ0n) is 14.5. The van der Waals surface area contributed by atoms with E-state index >= 15 is 0 Å². The number of benzene rings is 2. The first-order valence-electron chi connectivity index (χ1n) is 8.69. The minimum Gasteiger partial charge on any atom is -0.494 e. The molecule has 5 heteroatoms. The monoisotopic (exact) mass is 356 g/mol. The fourth-order valence-corrected chi connectivity index (χ4v) is 3.73. The Balaban J connectivity index is 1.55. The molecule has 4 nitrogen and oxygen atoms in total. The van der Waals surface area contributed by atoms with Gasteiger partial charge in [-0.25, -0.2) is 0 Å². The highest BCUT2D eigenvalue weighted by atomic mass is 32.2. The van der Waals surface area contributed by atoms with Gasteiger partial charge < -0.3 is 15.0 Å². The van der Waals surface area contributed by atoms with Crippen molar-refractivity contribution in [2.45, 2.75) is 13.5 Å². The van der Waals surface area contributed by atoms with E-state index < -0.39 is 0 Å². The van der Waals surface area contributed by atoms with Crippen LogP contribution in [-0.2, 0) is 6.54 Å². The number of amides is 1. The number of carbonyl (C=O) groups excluding carboxylic acids is 1. The van der Waals surface area contributed by atoms with Crippen LogP contribution in [0.2, 0.25) is 0 Å². The first-order valence-corrected chi connectivity index (χ1v) is 9.84. The van der Waals surface area contributed by atoms with Crippen LogP contribution in [0.5, 0.6) is 5.75 Å². The van der Waals surface area contributed by atoms with Crippen molar-refractivity contribution in [3.8, 4) is 5.75 Å². The number of hydrogen-bond acceptors (Lipinski definition) is 4. The maximum atomic E-state index is 12.3. The maximum absolute atomic E-state index is 12.3. The molecule has 1 fully saturated rings. The number of rotatable bonds is 6. The van der Waals surface area contributed by atoms with Crippen molar-refractivity contribution >= 4 is 23.4 Å². The van der Waals surface area contributed by atoms with Gasteiger partial charge in [0.25, 0.3) is 5.91 Å². The summed E-state index contributed by atoms with van der Waals surface area (Å²) in [6.07, 6.45) is 0. The molecule has 1 amide bonds. The quantitative estimate of drug-likeness (QED) is 0.859. The molecule has 3 rings (SSSR count). The minimum atomic E-state index is -0.0846. The van der Waals surface area contributed by atoms with E-state index in [9.17, 15) is 4.79 Å². The van der Waals surface area contributed by atoms with Crippen molar-refractivity contribution in [3.63, 3.8) is 0 Å². The van der Waals surface area contributed by atoms with Crippen molar-refractivity contribution in [2.24, 2.45) is 0 Å². The molecule has 1 aliphatic rings. The Morgan fingerprint density at radius 1 is 1.16 bits per heavy atom. The lowest BCUT2D eigenvalue weighted by molar-refractivity contribution is 0.0950. The highest BCUT2D eigenvalue weighted by molar-refractivity contribution is 7.99. The molecule has 0 unspecified atom stereocenters. The average Bonchev–Trinajstić information content (AvgIpc) is 2.68. The number of nitrogens with one attached hydrogen (secondary N) is 1. The van der Waals surface area contributed by atoms with Gasteiger partial charge in [-0.1, -0.05) is 18.2 Å². The molecule has 25 heavy (non-hydrogen) atoms. The fourth-order valence-electron chi connectivity index (χ4n) is 2.82. The van der Waals surface area contributed by atoms with Crippen molar-refractivity contribution < 1.29 is 9.53 Å². The van der Waals surface area contributed by atoms with Crippen LogP contribution < -0.4 is 15.0 Å². The van der Waals surface area contributed by atoms with Crippen LogP contribution in [0.4, 0.5) is 5.69 Å². The number of ether oxygens (including phenoxy) is 1. The Hall–Kier alpha value is -2.14. The van der Waals surface area contributed by atoms with E-state index in [1.807, 2.05) is 30.8 Å². The summed E-state index contributed by atoms with van der Waals surface area (Å²) >= 11 is 2.01. The first kappa shape index (κ1) is 17.7. The third-order valence-electron chi connectivity index (χ3n) is 4.17. The van der Waals surface area contributed by atoms with Crippen LogP contribution in [0.25, 0.3) is 0 Å². The second-order valence-electron chi connectivity index (χ2n) is 5.91. The summed E-state index contributed by atoms with van der Waals surface area (Å²) in [5.41, 5.74) is 2.98. The van der Waals surface area contributed by atoms with Gasteiger partial charge in [0.15, 0.2) is 0 Å². The van der Waals surface area contributed by atoms with Gasteiger partial charge in [0.2, 0.25) is 0 Å². The SMILES string of the molecule is CCOc1cccc(C(=O)NCc2ccc(N3CCSCC3)cc2)c1. The Bertz CT molecular complexity index is 697. The van der Waals surface area contributed by atoms with E-state index in [2.05, 4.69) is 34.5 Å². The molecule has 0 atom stereocenters. The highest BCUT2D eigenvalue weighted by Crippen LogP contribution is 2.20. The van der Waals surface area contributed by atoms with Gasteiger partial charge in [-0.2, -0.15) is 11.8 Å². The molecule has 0 spiro atoms. The lowest BCUT2D eigenvalue weighted by Gasteiger charge is -2.28. The molecule has 1 aliphatic heterocycles. The maximum Gasteiger partial charge on any atom is 0.251 e. The molecule has 1 heterocycles. The molecular weight excluding hydrogens is 332 g/mol. The van der Waals surface area contributed by atoms with E-state index in [1.165, 1.54) is 17.2 Å².